The second kappa shape index (κ2) is 9.07. The van der Waals surface area contributed by atoms with Gasteiger partial charge in [0.15, 0.2) is 0 Å². The number of carbonyl (C=O) groups excluding carboxylic acids is 3. The minimum Gasteiger partial charge on any atom is -0.467 e. The number of halogens is 1. The van der Waals surface area contributed by atoms with Crippen molar-refractivity contribution in [3.63, 3.8) is 0 Å². The topological polar surface area (TPSA) is 110 Å². The van der Waals surface area contributed by atoms with Crippen LogP contribution in [0.2, 0.25) is 5.02 Å². The molecule has 2 amide bonds. The largest absolute Gasteiger partial charge is 0.467 e. The highest BCUT2D eigenvalue weighted by molar-refractivity contribution is 7.94. The van der Waals surface area contributed by atoms with Gasteiger partial charge in [0.1, 0.15) is 6.04 Å². The van der Waals surface area contributed by atoms with Crippen molar-refractivity contribution in [3.8, 4) is 0 Å². The fraction of sp³-hybridized carbons (Fsp3) is 0.286. The molecule has 1 N–H and O–H groups in total. The number of benzene rings is 2. The van der Waals surface area contributed by atoms with Crippen molar-refractivity contribution in [3.05, 3.63) is 64.7 Å². The molecule has 2 aromatic carbocycles. The second-order valence-corrected chi connectivity index (χ2v) is 9.46. The molecule has 2 aromatic rings. The van der Waals surface area contributed by atoms with Crippen LogP contribution in [0.3, 0.4) is 0 Å². The summed E-state index contributed by atoms with van der Waals surface area (Å²) in [5, 5.41) is 2.61. The number of carbonyl (C=O) groups is 3. The Morgan fingerprint density at radius 1 is 1.23 bits per heavy atom. The summed E-state index contributed by atoms with van der Waals surface area (Å²) < 4.78 is 30.2. The van der Waals surface area contributed by atoms with Crippen LogP contribution in [0.5, 0.6) is 0 Å². The average Bonchev–Trinajstić information content (AvgIpc) is 2.94. The van der Waals surface area contributed by atoms with Gasteiger partial charge in [-0.2, -0.15) is 0 Å². The Morgan fingerprint density at radius 3 is 2.48 bits per heavy atom. The molecule has 0 bridgehead atoms. The third kappa shape index (κ3) is 4.88. The van der Waals surface area contributed by atoms with Crippen molar-refractivity contribution in [1.82, 2.24) is 5.32 Å². The quantitative estimate of drug-likeness (QED) is 0.656. The SMILES string of the molecule is COC(=O)[C@H](Cc1ccccc1)NC(=O)c1ccc(Cl)c(N2C(=O)C(C)CS2(=O)=O)c1. The number of hydrogen-bond acceptors (Lipinski definition) is 6. The molecular formula is C21H21ClN2O6S. The van der Waals surface area contributed by atoms with Gasteiger partial charge in [-0.05, 0) is 23.8 Å². The summed E-state index contributed by atoms with van der Waals surface area (Å²) in [4.78, 5) is 37.4. The summed E-state index contributed by atoms with van der Waals surface area (Å²) in [6.07, 6.45) is 0.205. The normalized spacial score (nSPS) is 18.5. The number of rotatable bonds is 6. The zero-order valence-corrected chi connectivity index (χ0v) is 18.4. The number of esters is 1. The molecule has 2 atom stereocenters. The number of methoxy groups -OCH3 is 1. The molecule has 0 radical (unpaired) electrons. The Kier molecular flexibility index (Phi) is 6.66. The zero-order valence-electron chi connectivity index (χ0n) is 16.9. The van der Waals surface area contributed by atoms with Crippen LogP contribution >= 0.6 is 11.6 Å². The Balaban J connectivity index is 1.88. The molecular weight excluding hydrogens is 444 g/mol. The molecule has 1 fully saturated rings. The average molecular weight is 465 g/mol. The molecule has 1 heterocycles. The van der Waals surface area contributed by atoms with Crippen LogP contribution < -0.4 is 9.62 Å². The van der Waals surface area contributed by atoms with Crippen molar-refractivity contribution in [2.24, 2.45) is 5.92 Å². The predicted molar refractivity (Wildman–Crippen MR) is 115 cm³/mol. The Labute approximate surface area is 185 Å². The lowest BCUT2D eigenvalue weighted by Gasteiger charge is -2.19. The Bertz CT molecular complexity index is 1120. The number of nitrogens with zero attached hydrogens (tertiary/aromatic N) is 1. The minimum absolute atomic E-state index is 0.0105. The lowest BCUT2D eigenvalue weighted by molar-refractivity contribution is -0.142. The maximum atomic E-state index is 12.8. The van der Waals surface area contributed by atoms with E-state index in [0.29, 0.717) is 4.31 Å². The van der Waals surface area contributed by atoms with E-state index in [0.717, 1.165) is 5.56 Å². The molecule has 8 nitrogen and oxygen atoms in total. The van der Waals surface area contributed by atoms with E-state index in [-0.39, 0.29) is 28.4 Å². The molecule has 0 spiro atoms. The van der Waals surface area contributed by atoms with E-state index in [1.165, 1.54) is 32.2 Å². The maximum absolute atomic E-state index is 12.8. The molecule has 0 aromatic heterocycles. The van der Waals surface area contributed by atoms with E-state index < -0.39 is 39.8 Å². The van der Waals surface area contributed by atoms with Crippen LogP contribution in [0, 0.1) is 5.92 Å². The molecule has 164 valence electrons. The van der Waals surface area contributed by atoms with Gasteiger partial charge in [0, 0.05) is 12.0 Å². The first kappa shape index (κ1) is 22.8. The van der Waals surface area contributed by atoms with Gasteiger partial charge >= 0.3 is 5.97 Å². The van der Waals surface area contributed by atoms with Gasteiger partial charge in [-0.25, -0.2) is 17.5 Å². The number of sulfonamides is 1. The highest BCUT2D eigenvalue weighted by Gasteiger charge is 2.43. The van der Waals surface area contributed by atoms with Gasteiger partial charge in [0.2, 0.25) is 15.9 Å². The van der Waals surface area contributed by atoms with Gasteiger partial charge in [0.25, 0.3) is 5.91 Å². The lowest BCUT2D eigenvalue weighted by atomic mass is 10.1. The highest BCUT2D eigenvalue weighted by Crippen LogP contribution is 2.34. The molecule has 3 rings (SSSR count). The Morgan fingerprint density at radius 2 is 1.90 bits per heavy atom. The minimum atomic E-state index is -3.89. The van der Waals surface area contributed by atoms with Crippen LogP contribution in [0.4, 0.5) is 5.69 Å². The first-order chi connectivity index (χ1) is 14.6. The summed E-state index contributed by atoms with van der Waals surface area (Å²) in [7, 11) is -2.67. The van der Waals surface area contributed by atoms with Gasteiger partial charge in [0.05, 0.1) is 29.5 Å². The molecule has 1 saturated heterocycles. The van der Waals surface area contributed by atoms with Crippen molar-refractivity contribution in [1.29, 1.82) is 0 Å². The summed E-state index contributed by atoms with van der Waals surface area (Å²) >= 11 is 6.14. The lowest BCUT2D eigenvalue weighted by Crippen LogP contribution is -2.43. The number of amides is 2. The van der Waals surface area contributed by atoms with E-state index in [1.54, 1.807) is 0 Å². The third-order valence-electron chi connectivity index (χ3n) is 4.86. The van der Waals surface area contributed by atoms with E-state index in [4.69, 9.17) is 16.3 Å². The number of nitrogens with one attached hydrogen (secondary N) is 1. The molecule has 0 aliphatic carbocycles. The molecule has 1 unspecified atom stereocenters. The van der Waals surface area contributed by atoms with Crippen molar-refractivity contribution in [2.45, 2.75) is 19.4 Å². The number of hydrogen-bond donors (Lipinski definition) is 1. The van der Waals surface area contributed by atoms with Crippen molar-refractivity contribution in [2.75, 3.05) is 17.2 Å². The highest BCUT2D eigenvalue weighted by atomic mass is 35.5. The number of anilines is 1. The Hall–Kier alpha value is -2.91. The smallest absolute Gasteiger partial charge is 0.328 e. The molecule has 1 aliphatic rings. The monoisotopic (exact) mass is 464 g/mol. The van der Waals surface area contributed by atoms with Crippen LogP contribution in [0.1, 0.15) is 22.8 Å². The summed E-state index contributed by atoms with van der Waals surface area (Å²) in [5.41, 5.74) is 0.767. The van der Waals surface area contributed by atoms with Gasteiger partial charge in [-0.15, -0.1) is 0 Å². The van der Waals surface area contributed by atoms with E-state index in [2.05, 4.69) is 5.32 Å². The molecule has 1 aliphatic heterocycles. The van der Waals surface area contributed by atoms with Gasteiger partial charge in [-0.3, -0.25) is 9.59 Å². The standard InChI is InChI=1S/C21H21ClN2O6S/c1-13-12-31(28,29)24(20(13)26)18-11-15(8-9-16(18)22)19(25)23-17(21(27)30-2)10-14-6-4-3-5-7-14/h3-9,11,13,17H,10,12H2,1-2H3,(H,23,25)/t13?,17-/m0/s1. The molecule has 10 heteroatoms. The molecule has 31 heavy (non-hydrogen) atoms. The maximum Gasteiger partial charge on any atom is 0.328 e. The van der Waals surface area contributed by atoms with E-state index >= 15 is 0 Å². The zero-order chi connectivity index (χ0) is 22.8. The van der Waals surface area contributed by atoms with Gasteiger partial charge in [-0.1, -0.05) is 48.9 Å². The van der Waals surface area contributed by atoms with Crippen LogP contribution in [-0.4, -0.2) is 45.1 Å². The van der Waals surface area contributed by atoms with Crippen molar-refractivity contribution < 1.29 is 27.5 Å². The number of ether oxygens (including phenoxy) is 1. The van der Waals surface area contributed by atoms with E-state index in [9.17, 15) is 22.8 Å². The summed E-state index contributed by atoms with van der Waals surface area (Å²) in [5.74, 6) is -2.93. The van der Waals surface area contributed by atoms with Crippen LogP contribution in [0.25, 0.3) is 0 Å². The van der Waals surface area contributed by atoms with Crippen molar-refractivity contribution >= 4 is 45.1 Å². The summed E-state index contributed by atoms with van der Waals surface area (Å²) in [6, 6.07) is 12.1. The summed E-state index contributed by atoms with van der Waals surface area (Å²) in [6.45, 7) is 1.51. The fourth-order valence-electron chi connectivity index (χ4n) is 3.30. The van der Waals surface area contributed by atoms with Gasteiger partial charge < -0.3 is 10.1 Å². The van der Waals surface area contributed by atoms with Crippen LogP contribution in [0.15, 0.2) is 48.5 Å². The third-order valence-corrected chi connectivity index (χ3v) is 7.04. The predicted octanol–water partition coefficient (Wildman–Crippen LogP) is 2.17. The molecule has 0 saturated carbocycles. The first-order valence-corrected chi connectivity index (χ1v) is 11.4. The van der Waals surface area contributed by atoms with Crippen LogP contribution in [-0.2, 0) is 30.8 Å². The first-order valence-electron chi connectivity index (χ1n) is 9.43. The fourth-order valence-corrected chi connectivity index (χ4v) is 5.38. The van der Waals surface area contributed by atoms with E-state index in [1.807, 2.05) is 30.3 Å². The second-order valence-electron chi connectivity index (χ2n) is 7.19.